The first kappa shape index (κ1) is 10.8. The van der Waals surface area contributed by atoms with Gasteiger partial charge in [-0.1, -0.05) is 0 Å². The molecule has 1 atom stereocenters. The molecule has 0 aliphatic carbocycles. The van der Waals surface area contributed by atoms with E-state index < -0.39 is 0 Å². The molecule has 0 saturated carbocycles. The largest absolute Gasteiger partial charge is 0.271 e. The van der Waals surface area contributed by atoms with E-state index in [-0.39, 0.29) is 6.04 Å². The summed E-state index contributed by atoms with van der Waals surface area (Å²) in [7, 11) is 0. The molecule has 0 radical (unpaired) electrons. The maximum absolute atomic E-state index is 5.56. The summed E-state index contributed by atoms with van der Waals surface area (Å²) in [6.45, 7) is 0. The molecular formula is C11H14N2S2. The standard InChI is InChI=1S/C11H14N2S2/c12-13-11(10-4-6-15-8-10)2-1-9-3-5-14-7-9/h3-8,11,13H,1-2,12H2. The second-order valence-corrected chi connectivity index (χ2v) is 5.01. The van der Waals surface area contributed by atoms with Crippen LogP contribution in [-0.4, -0.2) is 0 Å². The van der Waals surface area contributed by atoms with E-state index in [4.69, 9.17) is 5.84 Å². The van der Waals surface area contributed by atoms with E-state index in [9.17, 15) is 0 Å². The Kier molecular flexibility index (Phi) is 3.91. The van der Waals surface area contributed by atoms with E-state index in [0.717, 1.165) is 12.8 Å². The lowest BCUT2D eigenvalue weighted by molar-refractivity contribution is 0.518. The molecule has 2 heterocycles. The van der Waals surface area contributed by atoms with Gasteiger partial charge in [0.15, 0.2) is 0 Å². The number of hydrogen-bond donors (Lipinski definition) is 2. The molecule has 0 aromatic carbocycles. The molecule has 0 bridgehead atoms. The second-order valence-electron chi connectivity index (χ2n) is 3.45. The highest BCUT2D eigenvalue weighted by Gasteiger charge is 2.09. The maximum atomic E-state index is 5.56. The third-order valence-electron chi connectivity index (χ3n) is 2.45. The quantitative estimate of drug-likeness (QED) is 0.621. The highest BCUT2D eigenvalue weighted by molar-refractivity contribution is 7.08. The molecule has 4 heteroatoms. The first-order valence-electron chi connectivity index (χ1n) is 4.89. The molecule has 2 aromatic rings. The van der Waals surface area contributed by atoms with Crippen LogP contribution in [0.2, 0.25) is 0 Å². The van der Waals surface area contributed by atoms with Gasteiger partial charge in [-0.05, 0) is 57.6 Å². The van der Waals surface area contributed by atoms with Gasteiger partial charge in [-0.25, -0.2) is 0 Å². The van der Waals surface area contributed by atoms with Crippen molar-refractivity contribution in [3.8, 4) is 0 Å². The van der Waals surface area contributed by atoms with Crippen LogP contribution in [0.1, 0.15) is 23.6 Å². The fourth-order valence-electron chi connectivity index (χ4n) is 1.57. The Balaban J connectivity index is 1.92. The molecule has 0 saturated heterocycles. The predicted molar refractivity (Wildman–Crippen MR) is 67.0 cm³/mol. The van der Waals surface area contributed by atoms with Crippen LogP contribution in [0, 0.1) is 0 Å². The van der Waals surface area contributed by atoms with Crippen LogP contribution in [0.5, 0.6) is 0 Å². The van der Waals surface area contributed by atoms with E-state index in [0.29, 0.717) is 0 Å². The van der Waals surface area contributed by atoms with Crippen LogP contribution < -0.4 is 11.3 Å². The van der Waals surface area contributed by atoms with E-state index >= 15 is 0 Å². The Bertz CT molecular complexity index is 367. The minimum Gasteiger partial charge on any atom is -0.271 e. The fourth-order valence-corrected chi connectivity index (χ4v) is 2.98. The summed E-state index contributed by atoms with van der Waals surface area (Å²) < 4.78 is 0. The van der Waals surface area contributed by atoms with Crippen molar-refractivity contribution in [3.63, 3.8) is 0 Å². The zero-order chi connectivity index (χ0) is 10.5. The van der Waals surface area contributed by atoms with E-state index in [1.807, 2.05) is 0 Å². The Labute approximate surface area is 97.7 Å². The Morgan fingerprint density at radius 1 is 1.20 bits per heavy atom. The van der Waals surface area contributed by atoms with Gasteiger partial charge in [-0.3, -0.25) is 11.3 Å². The molecule has 3 N–H and O–H groups in total. The number of nitrogens with one attached hydrogen (secondary N) is 1. The summed E-state index contributed by atoms with van der Waals surface area (Å²) in [5.41, 5.74) is 5.57. The number of rotatable bonds is 5. The van der Waals surface area contributed by atoms with Crippen molar-refractivity contribution in [3.05, 3.63) is 44.8 Å². The van der Waals surface area contributed by atoms with Crippen molar-refractivity contribution in [2.75, 3.05) is 0 Å². The SMILES string of the molecule is NNC(CCc1ccsc1)c1ccsc1. The third-order valence-corrected chi connectivity index (χ3v) is 3.88. The van der Waals surface area contributed by atoms with Gasteiger partial charge in [0.1, 0.15) is 0 Å². The summed E-state index contributed by atoms with van der Waals surface area (Å²) in [6.07, 6.45) is 2.12. The van der Waals surface area contributed by atoms with Crippen molar-refractivity contribution < 1.29 is 0 Å². The van der Waals surface area contributed by atoms with Crippen molar-refractivity contribution in [2.24, 2.45) is 5.84 Å². The lowest BCUT2D eigenvalue weighted by atomic mass is 10.0. The average Bonchev–Trinajstić information content (AvgIpc) is 2.90. The van der Waals surface area contributed by atoms with Gasteiger partial charge in [0, 0.05) is 6.04 Å². The van der Waals surface area contributed by atoms with Crippen LogP contribution in [0.25, 0.3) is 0 Å². The van der Waals surface area contributed by atoms with Gasteiger partial charge in [0.2, 0.25) is 0 Å². The molecule has 80 valence electrons. The van der Waals surface area contributed by atoms with Gasteiger partial charge < -0.3 is 0 Å². The number of hydrogen-bond acceptors (Lipinski definition) is 4. The maximum Gasteiger partial charge on any atom is 0.0471 e. The third kappa shape index (κ3) is 2.89. The summed E-state index contributed by atoms with van der Waals surface area (Å²) in [5, 5.41) is 8.55. The van der Waals surface area contributed by atoms with Gasteiger partial charge >= 0.3 is 0 Å². The molecule has 0 fully saturated rings. The summed E-state index contributed by atoms with van der Waals surface area (Å²) >= 11 is 3.46. The normalized spacial score (nSPS) is 12.9. The first-order chi connectivity index (χ1) is 7.40. The van der Waals surface area contributed by atoms with Crippen LogP contribution in [-0.2, 0) is 6.42 Å². The van der Waals surface area contributed by atoms with Crippen molar-refractivity contribution >= 4 is 22.7 Å². The van der Waals surface area contributed by atoms with Crippen LogP contribution >= 0.6 is 22.7 Å². The lowest BCUT2D eigenvalue weighted by Gasteiger charge is -2.13. The topological polar surface area (TPSA) is 38.0 Å². The summed E-state index contributed by atoms with van der Waals surface area (Å²) in [6, 6.07) is 4.57. The molecule has 2 rings (SSSR count). The highest BCUT2D eigenvalue weighted by Crippen LogP contribution is 2.21. The number of aryl methyl sites for hydroxylation is 1. The zero-order valence-corrected chi connectivity index (χ0v) is 9.98. The minimum absolute atomic E-state index is 0.274. The number of thiophene rings is 2. The molecular weight excluding hydrogens is 224 g/mol. The second kappa shape index (κ2) is 5.42. The zero-order valence-electron chi connectivity index (χ0n) is 8.35. The van der Waals surface area contributed by atoms with Crippen molar-refractivity contribution in [2.45, 2.75) is 18.9 Å². The number of nitrogens with two attached hydrogens (primary N) is 1. The molecule has 2 nitrogen and oxygen atoms in total. The van der Waals surface area contributed by atoms with Crippen LogP contribution in [0.15, 0.2) is 33.7 Å². The number of hydrazine groups is 1. The molecule has 0 aliphatic heterocycles. The van der Waals surface area contributed by atoms with Crippen molar-refractivity contribution in [1.82, 2.24) is 5.43 Å². The Morgan fingerprint density at radius 2 is 2.00 bits per heavy atom. The molecule has 0 amide bonds. The molecule has 1 unspecified atom stereocenters. The van der Waals surface area contributed by atoms with Gasteiger partial charge in [-0.15, -0.1) is 0 Å². The van der Waals surface area contributed by atoms with E-state index in [1.165, 1.54) is 11.1 Å². The van der Waals surface area contributed by atoms with Crippen LogP contribution in [0.4, 0.5) is 0 Å². The Hall–Kier alpha value is -0.680. The first-order valence-corrected chi connectivity index (χ1v) is 6.78. The Morgan fingerprint density at radius 3 is 2.60 bits per heavy atom. The molecule has 0 aliphatic rings. The monoisotopic (exact) mass is 238 g/mol. The molecule has 0 spiro atoms. The molecule has 15 heavy (non-hydrogen) atoms. The van der Waals surface area contributed by atoms with E-state index in [1.54, 1.807) is 22.7 Å². The van der Waals surface area contributed by atoms with E-state index in [2.05, 4.69) is 39.1 Å². The van der Waals surface area contributed by atoms with Crippen LogP contribution in [0.3, 0.4) is 0 Å². The van der Waals surface area contributed by atoms with Gasteiger partial charge in [0.25, 0.3) is 0 Å². The summed E-state index contributed by atoms with van der Waals surface area (Å²) in [5.74, 6) is 5.56. The van der Waals surface area contributed by atoms with Gasteiger partial charge in [-0.2, -0.15) is 22.7 Å². The lowest BCUT2D eigenvalue weighted by Crippen LogP contribution is -2.28. The average molecular weight is 238 g/mol. The predicted octanol–water partition coefficient (Wildman–Crippen LogP) is 2.95. The smallest absolute Gasteiger partial charge is 0.0471 e. The minimum atomic E-state index is 0.274. The fraction of sp³-hybridized carbons (Fsp3) is 0.273. The molecule has 2 aromatic heterocycles. The van der Waals surface area contributed by atoms with Crippen molar-refractivity contribution in [1.29, 1.82) is 0 Å². The summed E-state index contributed by atoms with van der Waals surface area (Å²) in [4.78, 5) is 0. The van der Waals surface area contributed by atoms with Gasteiger partial charge in [0.05, 0.1) is 0 Å². The highest BCUT2D eigenvalue weighted by atomic mass is 32.1.